The second kappa shape index (κ2) is 6.18. The van der Waals surface area contributed by atoms with Crippen LogP contribution in [0.25, 0.3) is 0 Å². The van der Waals surface area contributed by atoms with E-state index in [-0.39, 0.29) is 24.1 Å². The zero-order valence-electron chi connectivity index (χ0n) is 13.5. The van der Waals surface area contributed by atoms with E-state index in [1.165, 1.54) is 24.3 Å². The Labute approximate surface area is 137 Å². The van der Waals surface area contributed by atoms with E-state index in [0.29, 0.717) is 23.2 Å². The van der Waals surface area contributed by atoms with E-state index < -0.39 is 6.55 Å². The highest BCUT2D eigenvalue weighted by Gasteiger charge is 2.28. The van der Waals surface area contributed by atoms with Crippen LogP contribution in [0.3, 0.4) is 0 Å². The second-order valence-corrected chi connectivity index (χ2v) is 5.94. The lowest BCUT2D eigenvalue weighted by Gasteiger charge is -2.17. The summed E-state index contributed by atoms with van der Waals surface area (Å²) in [5.74, 6) is -0.204. The van der Waals surface area contributed by atoms with Crippen molar-refractivity contribution >= 4 is 11.7 Å². The smallest absolute Gasteiger partial charge is 0.319 e. The fourth-order valence-electron chi connectivity index (χ4n) is 3.11. The second-order valence-electron chi connectivity index (χ2n) is 5.94. The summed E-state index contributed by atoms with van der Waals surface area (Å²) in [6.45, 7) is -1.02. The van der Waals surface area contributed by atoms with E-state index in [1.807, 2.05) is 0 Å². The van der Waals surface area contributed by atoms with Crippen LogP contribution in [-0.2, 0) is 13.0 Å². The Bertz CT molecular complexity index is 794. The number of carbonyl (C=O) groups excluding carboxylic acids is 2. The van der Waals surface area contributed by atoms with E-state index in [0.717, 1.165) is 23.1 Å². The summed E-state index contributed by atoms with van der Waals surface area (Å²) in [6, 6.07) is 0. The number of rotatable bonds is 4. The molecule has 0 radical (unpaired) electrons. The molecule has 2 aromatic rings. The van der Waals surface area contributed by atoms with Crippen molar-refractivity contribution in [1.29, 1.82) is 0 Å². The maximum absolute atomic E-state index is 12.9. The number of imidazole rings is 1. The summed E-state index contributed by atoms with van der Waals surface area (Å²) in [4.78, 5) is 32.9. The highest BCUT2D eigenvalue weighted by Crippen LogP contribution is 2.27. The van der Waals surface area contributed by atoms with E-state index in [1.54, 1.807) is 6.92 Å². The van der Waals surface area contributed by atoms with Gasteiger partial charge in [-0.05, 0) is 25.3 Å². The molecule has 128 valence electrons. The Hall–Kier alpha value is -2.51. The molecule has 2 aromatic heterocycles. The molecule has 6 nitrogen and oxygen atoms in total. The van der Waals surface area contributed by atoms with Crippen LogP contribution >= 0.6 is 0 Å². The van der Waals surface area contributed by atoms with E-state index >= 15 is 0 Å². The minimum atomic E-state index is -2.71. The number of fused-ring (bicyclic) bond motifs is 1. The molecule has 0 aliphatic heterocycles. The van der Waals surface area contributed by atoms with Gasteiger partial charge < -0.3 is 9.88 Å². The summed E-state index contributed by atoms with van der Waals surface area (Å²) in [7, 11) is 1.52. The normalized spacial score (nSPS) is 14.1. The van der Waals surface area contributed by atoms with Crippen molar-refractivity contribution < 1.29 is 18.4 Å². The highest BCUT2D eigenvalue weighted by atomic mass is 19.3. The van der Waals surface area contributed by atoms with Crippen molar-refractivity contribution in [3.63, 3.8) is 0 Å². The van der Waals surface area contributed by atoms with Crippen LogP contribution in [-0.4, -0.2) is 38.2 Å². The molecular weight excluding hydrogens is 318 g/mol. The molecule has 0 spiro atoms. The molecule has 1 aliphatic carbocycles. The van der Waals surface area contributed by atoms with E-state index in [4.69, 9.17) is 0 Å². The first-order valence-electron chi connectivity index (χ1n) is 7.70. The Morgan fingerprint density at radius 1 is 1.46 bits per heavy atom. The van der Waals surface area contributed by atoms with Crippen molar-refractivity contribution in [2.45, 2.75) is 39.3 Å². The number of H-pyrrole nitrogens is 1. The first-order valence-corrected chi connectivity index (χ1v) is 7.70. The SMILES string of the molecule is Cc1c(C(=O)N(C)Cc2nccn2C(F)F)[nH]c2c1C(=O)CCC2. The number of aryl methyl sites for hydroxylation is 1. The number of aromatic amines is 1. The molecule has 0 saturated carbocycles. The monoisotopic (exact) mass is 336 g/mol. The van der Waals surface area contributed by atoms with Crippen LogP contribution in [0.5, 0.6) is 0 Å². The standard InChI is InChI=1S/C16H18F2N4O2/c1-9-13-10(4-3-5-11(13)23)20-14(9)15(24)21(2)8-12-19-6-7-22(12)16(17)18/h6-7,16,20H,3-5,8H2,1-2H3. The molecule has 1 N–H and O–H groups in total. The van der Waals surface area contributed by atoms with Crippen LogP contribution in [0.2, 0.25) is 0 Å². The number of halogens is 2. The molecular formula is C16H18F2N4O2. The molecule has 3 rings (SSSR count). The first-order chi connectivity index (χ1) is 11.4. The fourth-order valence-corrected chi connectivity index (χ4v) is 3.11. The number of aromatic nitrogens is 3. The van der Waals surface area contributed by atoms with Gasteiger partial charge in [0, 0.05) is 37.1 Å². The average molecular weight is 336 g/mol. The van der Waals surface area contributed by atoms with Crippen molar-refractivity contribution in [2.24, 2.45) is 0 Å². The van der Waals surface area contributed by atoms with Crippen molar-refractivity contribution in [1.82, 2.24) is 19.4 Å². The molecule has 0 fully saturated rings. The van der Waals surface area contributed by atoms with E-state index in [2.05, 4.69) is 9.97 Å². The van der Waals surface area contributed by atoms with Crippen LogP contribution in [0.1, 0.15) is 57.3 Å². The number of carbonyl (C=O) groups is 2. The molecule has 0 saturated heterocycles. The predicted molar refractivity (Wildman–Crippen MR) is 82.1 cm³/mol. The number of nitrogens with one attached hydrogen (secondary N) is 1. The van der Waals surface area contributed by atoms with Gasteiger partial charge in [0.25, 0.3) is 5.91 Å². The molecule has 24 heavy (non-hydrogen) atoms. The van der Waals surface area contributed by atoms with Gasteiger partial charge in [-0.3, -0.25) is 14.2 Å². The molecule has 0 atom stereocenters. The topological polar surface area (TPSA) is 71.0 Å². The Morgan fingerprint density at radius 2 is 2.21 bits per heavy atom. The lowest BCUT2D eigenvalue weighted by atomic mass is 9.94. The number of ketones is 1. The van der Waals surface area contributed by atoms with Crippen LogP contribution in [0.15, 0.2) is 12.4 Å². The zero-order valence-corrected chi connectivity index (χ0v) is 13.5. The third kappa shape index (κ3) is 2.72. The van der Waals surface area contributed by atoms with Gasteiger partial charge in [0.1, 0.15) is 11.5 Å². The Kier molecular flexibility index (Phi) is 4.21. The third-order valence-corrected chi connectivity index (χ3v) is 4.34. The van der Waals surface area contributed by atoms with Gasteiger partial charge in [-0.2, -0.15) is 8.78 Å². The van der Waals surface area contributed by atoms with Gasteiger partial charge in [0.2, 0.25) is 0 Å². The number of nitrogens with zero attached hydrogens (tertiary/aromatic N) is 3. The van der Waals surface area contributed by atoms with Crippen LogP contribution in [0.4, 0.5) is 8.78 Å². The molecule has 2 heterocycles. The van der Waals surface area contributed by atoms with Gasteiger partial charge in [-0.1, -0.05) is 0 Å². The number of hydrogen-bond donors (Lipinski definition) is 1. The molecule has 0 aromatic carbocycles. The van der Waals surface area contributed by atoms with Crippen LogP contribution in [0, 0.1) is 6.92 Å². The Balaban J connectivity index is 1.84. The summed E-state index contributed by atoms with van der Waals surface area (Å²) in [5.41, 5.74) is 2.36. The molecule has 1 aliphatic rings. The largest absolute Gasteiger partial charge is 0.354 e. The number of hydrogen-bond acceptors (Lipinski definition) is 3. The molecule has 0 bridgehead atoms. The van der Waals surface area contributed by atoms with Gasteiger partial charge in [0.15, 0.2) is 5.78 Å². The predicted octanol–water partition coefficient (Wildman–Crippen LogP) is 2.71. The molecule has 0 unspecified atom stereocenters. The maximum atomic E-state index is 12.9. The summed E-state index contributed by atoms with van der Waals surface area (Å²) >= 11 is 0. The van der Waals surface area contributed by atoms with Crippen molar-refractivity contribution in [2.75, 3.05) is 7.05 Å². The highest BCUT2D eigenvalue weighted by molar-refractivity contribution is 6.04. The Morgan fingerprint density at radius 3 is 2.88 bits per heavy atom. The number of amides is 1. The van der Waals surface area contributed by atoms with E-state index in [9.17, 15) is 18.4 Å². The molecule has 8 heteroatoms. The minimum Gasteiger partial charge on any atom is -0.354 e. The summed E-state index contributed by atoms with van der Waals surface area (Å²) < 4.78 is 26.5. The lowest BCUT2D eigenvalue weighted by Crippen LogP contribution is -2.28. The van der Waals surface area contributed by atoms with Gasteiger partial charge in [-0.15, -0.1) is 0 Å². The summed E-state index contributed by atoms with van der Waals surface area (Å²) in [6.07, 6.45) is 4.43. The zero-order chi connectivity index (χ0) is 17.4. The maximum Gasteiger partial charge on any atom is 0.319 e. The quantitative estimate of drug-likeness (QED) is 0.933. The van der Waals surface area contributed by atoms with Crippen molar-refractivity contribution in [3.8, 4) is 0 Å². The first kappa shape index (κ1) is 16.4. The third-order valence-electron chi connectivity index (χ3n) is 4.34. The average Bonchev–Trinajstić information content (AvgIpc) is 3.12. The number of Topliss-reactive ketones (excluding diaryl/α,β-unsaturated/α-hetero) is 1. The number of alkyl halides is 2. The molecule has 1 amide bonds. The fraction of sp³-hybridized carbons (Fsp3) is 0.438. The van der Waals surface area contributed by atoms with Gasteiger partial charge in [-0.25, -0.2) is 4.98 Å². The van der Waals surface area contributed by atoms with Gasteiger partial charge >= 0.3 is 6.55 Å². The van der Waals surface area contributed by atoms with Crippen LogP contribution < -0.4 is 0 Å². The lowest BCUT2D eigenvalue weighted by molar-refractivity contribution is 0.0611. The summed E-state index contributed by atoms with van der Waals surface area (Å²) in [5, 5.41) is 0. The van der Waals surface area contributed by atoms with Gasteiger partial charge in [0.05, 0.1) is 6.54 Å². The van der Waals surface area contributed by atoms with Crippen molar-refractivity contribution in [3.05, 3.63) is 40.7 Å². The minimum absolute atomic E-state index is 0.0416.